The average Bonchev–Trinajstić information content (AvgIpc) is 2.79. The normalized spacial score (nSPS) is 12.8. The maximum Gasteiger partial charge on any atom is 1.00 e. The van der Waals surface area contributed by atoms with Crippen molar-refractivity contribution >= 4 is 7.81 Å². The third-order valence-corrected chi connectivity index (χ3v) is 2.47. The van der Waals surface area contributed by atoms with E-state index in [4.69, 9.17) is 5.26 Å². The molecule has 0 N–H and O–H groups in total. The number of aromatic nitrogens is 4. The summed E-state index contributed by atoms with van der Waals surface area (Å²) in [4.78, 5) is 0. The zero-order chi connectivity index (χ0) is 20.1. The number of nitriles is 1. The summed E-state index contributed by atoms with van der Waals surface area (Å²) in [5.74, 6) is 0. The molecule has 2 aromatic heterocycles. The summed E-state index contributed by atoms with van der Waals surface area (Å²) in [6, 6.07) is 5.90. The average molecular weight is 454 g/mol. The standard InChI is InChI=1S/C11H16N4.C2H3N.Cu.F6P/c1-8-5-10(3)14(12-8)7-15-11(4)6-9(2)13-15;1-2-3;;1-7(2,3,4,5)6/h5-6H,7H2,1-4H3;1H3;;/q;;+1;-1. The monoisotopic (exact) mass is 453 g/mol. The van der Waals surface area contributed by atoms with E-state index >= 15 is 0 Å². The molecule has 0 aliphatic heterocycles. The molecule has 2 rings (SSSR count). The summed E-state index contributed by atoms with van der Waals surface area (Å²) in [6.07, 6.45) is 0. The maximum atomic E-state index is 9.87. The molecule has 0 aliphatic carbocycles. The van der Waals surface area contributed by atoms with Gasteiger partial charge in [-0.05, 0) is 39.8 Å². The minimum atomic E-state index is -10.7. The second kappa shape index (κ2) is 8.42. The third kappa shape index (κ3) is 14.8. The Kier molecular flexibility index (Phi) is 8.64. The molecule has 0 bridgehead atoms. The molecule has 0 saturated carbocycles. The number of hydrogen-bond donors (Lipinski definition) is 0. The largest absolute Gasteiger partial charge is 1.00 e. The summed E-state index contributed by atoms with van der Waals surface area (Å²) < 4.78 is 63.1. The topological polar surface area (TPSA) is 59.4 Å². The summed E-state index contributed by atoms with van der Waals surface area (Å²) >= 11 is 0. The third-order valence-electron chi connectivity index (χ3n) is 2.47. The van der Waals surface area contributed by atoms with Gasteiger partial charge in [-0.3, -0.25) is 0 Å². The molecule has 0 atom stereocenters. The Morgan fingerprint density at radius 2 is 1.12 bits per heavy atom. The van der Waals surface area contributed by atoms with Crippen LogP contribution in [-0.2, 0) is 23.7 Å². The zero-order valence-electron chi connectivity index (χ0n) is 14.6. The fourth-order valence-corrected chi connectivity index (χ4v) is 1.76. The SMILES string of the molecule is CC#N.Cc1cc(C)n(Cn2nc(C)cc2C)n1.F[P-](F)(F)(F)(F)F.[Cu+]. The van der Waals surface area contributed by atoms with Crippen LogP contribution >= 0.6 is 7.81 Å². The molecule has 5 nitrogen and oxygen atoms in total. The van der Waals surface area contributed by atoms with Gasteiger partial charge in [-0.2, -0.15) is 15.5 Å². The molecule has 26 heavy (non-hydrogen) atoms. The van der Waals surface area contributed by atoms with Gasteiger partial charge in [-0.1, -0.05) is 0 Å². The number of nitrogens with zero attached hydrogens (tertiary/aromatic N) is 5. The van der Waals surface area contributed by atoms with Crippen LogP contribution in [0, 0.1) is 39.0 Å². The van der Waals surface area contributed by atoms with Crippen LogP contribution in [0.4, 0.5) is 25.2 Å². The zero-order valence-corrected chi connectivity index (χ0v) is 16.5. The van der Waals surface area contributed by atoms with Gasteiger partial charge in [0.1, 0.15) is 6.67 Å². The van der Waals surface area contributed by atoms with Gasteiger partial charge in [-0.15, -0.1) is 0 Å². The Balaban J connectivity index is 0. The van der Waals surface area contributed by atoms with Crippen molar-refractivity contribution < 1.29 is 42.3 Å². The van der Waals surface area contributed by atoms with Gasteiger partial charge < -0.3 is 0 Å². The molecule has 0 spiro atoms. The smallest absolute Gasteiger partial charge is 1.00 e. The van der Waals surface area contributed by atoms with Crippen molar-refractivity contribution in [1.29, 1.82) is 5.26 Å². The Labute approximate surface area is 157 Å². The molecular weight excluding hydrogens is 435 g/mol. The van der Waals surface area contributed by atoms with Crippen molar-refractivity contribution in [3.63, 3.8) is 0 Å². The van der Waals surface area contributed by atoms with Gasteiger partial charge >= 0.3 is 50.1 Å². The maximum absolute atomic E-state index is 10.7. The van der Waals surface area contributed by atoms with Gasteiger partial charge in [0.05, 0.1) is 17.5 Å². The van der Waals surface area contributed by atoms with Gasteiger partial charge in [0, 0.05) is 18.3 Å². The Bertz CT molecular complexity index is 705. The molecule has 0 radical (unpaired) electrons. The quantitative estimate of drug-likeness (QED) is 0.331. The summed E-state index contributed by atoms with van der Waals surface area (Å²) in [6.45, 7) is 10.3. The van der Waals surface area contributed by atoms with E-state index < -0.39 is 7.81 Å². The van der Waals surface area contributed by atoms with E-state index in [-0.39, 0.29) is 17.1 Å². The van der Waals surface area contributed by atoms with Crippen LogP contribution in [0.2, 0.25) is 0 Å². The van der Waals surface area contributed by atoms with E-state index in [1.807, 2.05) is 23.2 Å². The van der Waals surface area contributed by atoms with Crippen molar-refractivity contribution in [2.75, 3.05) is 0 Å². The van der Waals surface area contributed by atoms with Gasteiger partial charge in [0.2, 0.25) is 0 Å². The molecule has 0 amide bonds. The van der Waals surface area contributed by atoms with E-state index in [0.29, 0.717) is 6.67 Å². The second-order valence-electron chi connectivity index (χ2n) is 5.18. The van der Waals surface area contributed by atoms with Crippen molar-refractivity contribution in [3.8, 4) is 6.07 Å². The Hall–Kier alpha value is -1.56. The van der Waals surface area contributed by atoms with Gasteiger partial charge in [-0.25, -0.2) is 9.36 Å². The molecule has 13 heteroatoms. The molecular formula is C13H19CuF6N5P. The first-order chi connectivity index (χ1) is 10.9. The van der Waals surface area contributed by atoms with Crippen LogP contribution in [0.3, 0.4) is 0 Å². The van der Waals surface area contributed by atoms with Crippen LogP contribution in [-0.4, -0.2) is 19.6 Å². The first-order valence-electron chi connectivity index (χ1n) is 6.82. The van der Waals surface area contributed by atoms with Crippen LogP contribution in [0.5, 0.6) is 0 Å². The molecule has 0 saturated heterocycles. The van der Waals surface area contributed by atoms with Gasteiger partial charge in [0.15, 0.2) is 0 Å². The number of rotatable bonds is 2. The molecule has 2 aromatic rings. The minimum absolute atomic E-state index is 0. The van der Waals surface area contributed by atoms with Crippen LogP contribution in [0.25, 0.3) is 0 Å². The van der Waals surface area contributed by atoms with Gasteiger partial charge in [0.25, 0.3) is 0 Å². The summed E-state index contributed by atoms with van der Waals surface area (Å²) in [7, 11) is -10.7. The molecule has 0 fully saturated rings. The molecule has 2 heterocycles. The fraction of sp³-hybridized carbons (Fsp3) is 0.462. The van der Waals surface area contributed by atoms with E-state index in [9.17, 15) is 25.2 Å². The van der Waals surface area contributed by atoms with E-state index in [2.05, 4.69) is 36.2 Å². The Morgan fingerprint density at radius 1 is 0.885 bits per heavy atom. The number of halogens is 6. The van der Waals surface area contributed by atoms with Crippen LogP contribution in [0.15, 0.2) is 12.1 Å². The number of hydrogen-bond acceptors (Lipinski definition) is 3. The predicted molar refractivity (Wildman–Crippen MR) is 83.7 cm³/mol. The molecule has 0 unspecified atom stereocenters. The van der Waals surface area contributed by atoms with E-state index in [0.717, 1.165) is 11.4 Å². The van der Waals surface area contributed by atoms with Crippen LogP contribution < -0.4 is 0 Å². The van der Waals surface area contributed by atoms with Crippen molar-refractivity contribution in [2.24, 2.45) is 0 Å². The number of aryl methyl sites for hydroxylation is 4. The first-order valence-corrected chi connectivity index (χ1v) is 8.85. The second-order valence-corrected chi connectivity index (χ2v) is 7.09. The van der Waals surface area contributed by atoms with Crippen molar-refractivity contribution in [2.45, 2.75) is 41.3 Å². The molecule has 0 aliphatic rings. The Morgan fingerprint density at radius 3 is 1.27 bits per heavy atom. The molecule has 154 valence electrons. The first kappa shape index (κ1) is 26.7. The van der Waals surface area contributed by atoms with E-state index in [1.54, 1.807) is 6.07 Å². The van der Waals surface area contributed by atoms with E-state index in [1.165, 1.54) is 18.3 Å². The van der Waals surface area contributed by atoms with Crippen molar-refractivity contribution in [3.05, 3.63) is 34.9 Å². The minimum Gasteiger partial charge on any atom is 1.00 e. The predicted octanol–water partition coefficient (Wildman–Crippen LogP) is 5.73. The fourth-order valence-electron chi connectivity index (χ4n) is 1.76. The van der Waals surface area contributed by atoms with Crippen molar-refractivity contribution in [1.82, 2.24) is 19.6 Å². The van der Waals surface area contributed by atoms with Crippen LogP contribution in [0.1, 0.15) is 29.7 Å². The summed E-state index contributed by atoms with van der Waals surface area (Å²) in [5, 5.41) is 16.1. The summed E-state index contributed by atoms with van der Waals surface area (Å²) in [5.41, 5.74) is 4.43. The molecule has 0 aromatic carbocycles.